The summed E-state index contributed by atoms with van der Waals surface area (Å²) in [6, 6.07) is 27.1. The van der Waals surface area contributed by atoms with E-state index in [1.807, 2.05) is 12.3 Å². The molecule has 5 rings (SSSR count). The van der Waals surface area contributed by atoms with Crippen LogP contribution < -0.4 is 5.32 Å². The number of carbonyl (C=O) groups is 1. The van der Waals surface area contributed by atoms with Crippen molar-refractivity contribution >= 4 is 28.0 Å². The molecule has 4 nitrogen and oxygen atoms in total. The fourth-order valence-corrected chi connectivity index (χ4v) is 5.33. The van der Waals surface area contributed by atoms with Gasteiger partial charge < -0.3 is 15.2 Å². The third-order valence-corrected chi connectivity index (χ3v) is 7.39. The van der Waals surface area contributed by atoms with Crippen LogP contribution in [0.1, 0.15) is 47.1 Å². The average Bonchev–Trinajstić information content (AvgIpc) is 3.32. The normalized spacial score (nSPS) is 13.6. The van der Waals surface area contributed by atoms with Crippen molar-refractivity contribution in [3.8, 4) is 0 Å². The molecule has 4 heteroatoms. The second kappa shape index (κ2) is 12.1. The van der Waals surface area contributed by atoms with E-state index in [-0.39, 0.29) is 5.91 Å². The van der Waals surface area contributed by atoms with Gasteiger partial charge in [0.05, 0.1) is 0 Å². The van der Waals surface area contributed by atoms with Crippen LogP contribution in [0.15, 0.2) is 91.1 Å². The Morgan fingerprint density at radius 3 is 2.63 bits per heavy atom. The van der Waals surface area contributed by atoms with E-state index < -0.39 is 0 Å². The molecule has 0 saturated carbocycles. The number of carbonyl (C=O) groups excluding carboxylic acids is 1. The highest BCUT2D eigenvalue weighted by Crippen LogP contribution is 2.40. The minimum Gasteiger partial charge on any atom is -0.361 e. The standard InChI is InChI=1S/C34H37N3O/c1-37(2)33(38)13-7-22-35-21-6-8-25-14-16-27(17-15-25)34-30-11-4-3-9-26(30)10-5-12-31(34)28-18-19-32-29(24-28)20-23-36-32/h3-4,7,9,11,13-20,23-24,35-36H,5-6,8,10,12,21-22H2,1-2H3/b13-7+. The van der Waals surface area contributed by atoms with E-state index in [4.69, 9.17) is 0 Å². The van der Waals surface area contributed by atoms with Gasteiger partial charge in [-0.3, -0.25) is 4.79 Å². The molecule has 0 unspecified atom stereocenters. The molecule has 0 fully saturated rings. The molecular weight excluding hydrogens is 466 g/mol. The maximum Gasteiger partial charge on any atom is 0.245 e. The molecule has 0 radical (unpaired) electrons. The largest absolute Gasteiger partial charge is 0.361 e. The van der Waals surface area contributed by atoms with E-state index >= 15 is 0 Å². The maximum absolute atomic E-state index is 11.6. The van der Waals surface area contributed by atoms with Crippen LogP contribution in [0.3, 0.4) is 0 Å². The van der Waals surface area contributed by atoms with Crippen LogP contribution in [-0.4, -0.2) is 43.0 Å². The average molecular weight is 504 g/mol. The summed E-state index contributed by atoms with van der Waals surface area (Å²) in [6.45, 7) is 1.63. The number of fused-ring (bicyclic) bond motifs is 2. The third-order valence-electron chi connectivity index (χ3n) is 7.39. The van der Waals surface area contributed by atoms with Gasteiger partial charge in [0.15, 0.2) is 0 Å². The molecule has 3 aromatic carbocycles. The first kappa shape index (κ1) is 25.7. The van der Waals surface area contributed by atoms with Gasteiger partial charge in [-0.1, -0.05) is 60.7 Å². The van der Waals surface area contributed by atoms with E-state index in [0.717, 1.165) is 38.6 Å². The van der Waals surface area contributed by atoms with E-state index in [1.165, 1.54) is 49.9 Å². The van der Waals surface area contributed by atoms with Crippen LogP contribution in [0.25, 0.3) is 22.0 Å². The van der Waals surface area contributed by atoms with E-state index in [9.17, 15) is 4.79 Å². The molecule has 4 aromatic rings. The number of aryl methyl sites for hydroxylation is 2. The summed E-state index contributed by atoms with van der Waals surface area (Å²) in [7, 11) is 3.53. The lowest BCUT2D eigenvalue weighted by Crippen LogP contribution is -2.20. The van der Waals surface area contributed by atoms with Crippen LogP contribution in [0.2, 0.25) is 0 Å². The van der Waals surface area contributed by atoms with Gasteiger partial charge in [-0.2, -0.15) is 0 Å². The van der Waals surface area contributed by atoms with Crippen molar-refractivity contribution in [2.75, 3.05) is 27.2 Å². The first-order chi connectivity index (χ1) is 18.6. The Labute approximate surface area is 226 Å². The summed E-state index contributed by atoms with van der Waals surface area (Å²) < 4.78 is 0. The van der Waals surface area contributed by atoms with Crippen molar-refractivity contribution < 1.29 is 4.79 Å². The van der Waals surface area contributed by atoms with Gasteiger partial charge in [0.1, 0.15) is 0 Å². The van der Waals surface area contributed by atoms with Crippen molar-refractivity contribution in [3.63, 3.8) is 0 Å². The first-order valence-electron chi connectivity index (χ1n) is 13.7. The molecule has 1 heterocycles. The molecule has 1 aliphatic carbocycles. The van der Waals surface area contributed by atoms with Gasteiger partial charge in [0.2, 0.25) is 5.91 Å². The maximum atomic E-state index is 11.6. The van der Waals surface area contributed by atoms with Gasteiger partial charge in [-0.05, 0) is 101 Å². The number of aromatic amines is 1. The topological polar surface area (TPSA) is 48.1 Å². The molecule has 194 valence electrons. The van der Waals surface area contributed by atoms with Gasteiger partial charge in [0, 0.05) is 38.4 Å². The lowest BCUT2D eigenvalue weighted by atomic mass is 9.87. The van der Waals surface area contributed by atoms with Crippen LogP contribution in [0, 0.1) is 0 Å². The summed E-state index contributed by atoms with van der Waals surface area (Å²) in [4.78, 5) is 16.5. The third kappa shape index (κ3) is 5.98. The Morgan fingerprint density at radius 1 is 0.974 bits per heavy atom. The second-order valence-corrected chi connectivity index (χ2v) is 10.3. The number of nitrogens with one attached hydrogen (secondary N) is 2. The molecule has 2 N–H and O–H groups in total. The zero-order valence-corrected chi connectivity index (χ0v) is 22.5. The molecule has 0 saturated heterocycles. The van der Waals surface area contributed by atoms with Crippen molar-refractivity contribution in [1.82, 2.24) is 15.2 Å². The van der Waals surface area contributed by atoms with Crippen molar-refractivity contribution in [3.05, 3.63) is 119 Å². The second-order valence-electron chi connectivity index (χ2n) is 10.3. The Kier molecular flexibility index (Phi) is 8.20. The molecule has 1 amide bonds. The summed E-state index contributed by atoms with van der Waals surface area (Å²) in [5.74, 6) is 0.0199. The molecule has 38 heavy (non-hydrogen) atoms. The van der Waals surface area contributed by atoms with Crippen molar-refractivity contribution in [1.29, 1.82) is 0 Å². The molecule has 1 aromatic heterocycles. The van der Waals surface area contributed by atoms with Crippen LogP contribution in [-0.2, 0) is 17.6 Å². The highest BCUT2D eigenvalue weighted by Gasteiger charge is 2.20. The number of benzene rings is 3. The monoisotopic (exact) mass is 503 g/mol. The van der Waals surface area contributed by atoms with Gasteiger partial charge in [0.25, 0.3) is 0 Å². The molecular formula is C34H37N3O. The zero-order valence-electron chi connectivity index (χ0n) is 22.5. The van der Waals surface area contributed by atoms with E-state index in [0.29, 0.717) is 6.54 Å². The van der Waals surface area contributed by atoms with Crippen LogP contribution >= 0.6 is 0 Å². The molecule has 0 aliphatic heterocycles. The summed E-state index contributed by atoms with van der Waals surface area (Å²) >= 11 is 0. The summed E-state index contributed by atoms with van der Waals surface area (Å²) in [5, 5.41) is 4.66. The quantitative estimate of drug-likeness (QED) is 0.199. The van der Waals surface area contributed by atoms with Crippen LogP contribution in [0.4, 0.5) is 0 Å². The fourth-order valence-electron chi connectivity index (χ4n) is 5.33. The number of H-pyrrole nitrogens is 1. The highest BCUT2D eigenvalue weighted by molar-refractivity contribution is 6.01. The minimum absolute atomic E-state index is 0.0199. The van der Waals surface area contributed by atoms with E-state index in [2.05, 4.69) is 83.1 Å². The first-order valence-corrected chi connectivity index (χ1v) is 13.7. The van der Waals surface area contributed by atoms with Crippen molar-refractivity contribution in [2.24, 2.45) is 0 Å². The van der Waals surface area contributed by atoms with Crippen molar-refractivity contribution in [2.45, 2.75) is 32.1 Å². The highest BCUT2D eigenvalue weighted by atomic mass is 16.2. The number of likely N-dealkylation sites (N-methyl/N-ethyl adjacent to an activating group) is 1. The van der Waals surface area contributed by atoms with Gasteiger partial charge >= 0.3 is 0 Å². The van der Waals surface area contributed by atoms with E-state index in [1.54, 1.807) is 25.1 Å². The zero-order chi connectivity index (χ0) is 26.3. The minimum atomic E-state index is 0.0199. The summed E-state index contributed by atoms with van der Waals surface area (Å²) in [5.41, 5.74) is 10.8. The predicted octanol–water partition coefficient (Wildman–Crippen LogP) is 6.63. The lowest BCUT2D eigenvalue weighted by Gasteiger charge is -2.17. The summed E-state index contributed by atoms with van der Waals surface area (Å²) in [6.07, 6.45) is 11.0. The lowest BCUT2D eigenvalue weighted by molar-refractivity contribution is -0.123. The number of allylic oxidation sites excluding steroid dienone is 1. The number of amides is 1. The number of aromatic nitrogens is 1. The number of nitrogens with zero attached hydrogens (tertiary/aromatic N) is 1. The van der Waals surface area contributed by atoms with Gasteiger partial charge in [-0.15, -0.1) is 0 Å². The Balaban J connectivity index is 1.34. The Bertz CT molecular complexity index is 1460. The molecule has 0 atom stereocenters. The molecule has 0 spiro atoms. The fraction of sp³-hybridized carbons (Fsp3) is 0.265. The number of rotatable bonds is 9. The van der Waals surface area contributed by atoms with Crippen LogP contribution in [0.5, 0.6) is 0 Å². The Hall–Kier alpha value is -3.89. The number of hydrogen-bond acceptors (Lipinski definition) is 2. The SMILES string of the molecule is CN(C)C(=O)/C=C/CNCCCc1ccc(C2=C(c3ccc4[nH]ccc4c3)CCCc3ccccc32)cc1. The molecule has 0 bridgehead atoms. The molecule has 1 aliphatic rings. The number of hydrogen-bond donors (Lipinski definition) is 2. The van der Waals surface area contributed by atoms with Gasteiger partial charge in [-0.25, -0.2) is 0 Å². The smallest absolute Gasteiger partial charge is 0.245 e. The Morgan fingerprint density at radius 2 is 1.79 bits per heavy atom. The predicted molar refractivity (Wildman–Crippen MR) is 159 cm³/mol.